The topological polar surface area (TPSA) is 366 Å². The molecule has 27 heteroatoms. The summed E-state index contributed by atoms with van der Waals surface area (Å²) in [7, 11) is -5.16. The van der Waals surface area contributed by atoms with Gasteiger partial charge >= 0.3 is 0 Å². The van der Waals surface area contributed by atoms with Crippen LogP contribution in [0.25, 0.3) is 21.8 Å². The van der Waals surface area contributed by atoms with Gasteiger partial charge < -0.3 is 67.0 Å². The lowest BCUT2D eigenvalue weighted by molar-refractivity contribution is -0.128. The number of carbonyl (C=O) groups excluding carboxylic acids is 4. The van der Waals surface area contributed by atoms with Crippen molar-refractivity contribution in [3.8, 4) is 23.0 Å². The van der Waals surface area contributed by atoms with Gasteiger partial charge in [-0.3, -0.25) is 29.2 Å². The predicted molar refractivity (Wildman–Crippen MR) is 364 cm³/mol. The number of unbranched alkanes of at least 4 members (excludes halogenated alkanes) is 1. The van der Waals surface area contributed by atoms with E-state index in [1.54, 1.807) is 54.3 Å². The standard InChI is InChI=1S/C67H93N13O12S2/c1-38-40(3)60(42(5)50-34-66(7,8)91-58(38)50)93(85,86)79-64(68)73-27-15-18-54(77-56(81)30-44-36-75-52-22-20-46(89-11)32-48(44)52)62(83)71-26-14-13-24-70-25-17-29-72-63(84)55(78-57(82)31-45-37-76-53-23-21-47(90-12)33-49(45)53)19-16-28-74-65(69)80-94(87,88)61-41(4)39(2)59-51(43(61)6)35-67(9,10)92-59/h20-23,32-33,36-37,54-55,70,75-76H,13-19,24-31,34-35H2,1-12H3,(H,71,83)(H,72,84)(H,77,81)(H,78,82)(H3,68,73,79)(H3,69,74,80)/t54-,55-/m1/s1. The number of aromatic nitrogens is 2. The van der Waals surface area contributed by atoms with Crippen molar-refractivity contribution in [2.75, 3.05) is 53.5 Å². The second-order valence-corrected chi connectivity index (χ2v) is 28.8. The highest BCUT2D eigenvalue weighted by Crippen LogP contribution is 2.45. The number of H-pyrrole nitrogens is 2. The second kappa shape index (κ2) is 30.2. The third-order valence-corrected chi connectivity index (χ3v) is 20.6. The predicted octanol–water partition coefficient (Wildman–Crippen LogP) is 5.84. The maximum atomic E-state index is 13.8. The molecule has 13 N–H and O–H groups in total. The van der Waals surface area contributed by atoms with Gasteiger partial charge in [0.1, 0.15) is 46.3 Å². The zero-order chi connectivity index (χ0) is 68.5. The van der Waals surface area contributed by atoms with E-state index in [1.807, 2.05) is 77.9 Å². The average molecular weight is 1340 g/mol. The average Bonchev–Trinajstić information content (AvgIpc) is 1.50. The highest BCUT2D eigenvalue weighted by Gasteiger charge is 2.39. The van der Waals surface area contributed by atoms with Crippen molar-refractivity contribution in [1.82, 2.24) is 46.0 Å². The molecule has 0 spiro atoms. The fourth-order valence-corrected chi connectivity index (χ4v) is 15.4. The van der Waals surface area contributed by atoms with Crippen LogP contribution in [0.5, 0.6) is 23.0 Å². The fourth-order valence-electron chi connectivity index (χ4n) is 12.3. The number of nitrogens with two attached hydrogens (primary N) is 2. The molecule has 2 aliphatic rings. The van der Waals surface area contributed by atoms with E-state index in [1.165, 1.54) is 0 Å². The third kappa shape index (κ3) is 17.4. The molecule has 4 aromatic carbocycles. The first-order chi connectivity index (χ1) is 44.4. The summed E-state index contributed by atoms with van der Waals surface area (Å²) in [6.07, 6.45) is 7.34. The second-order valence-electron chi connectivity index (χ2n) is 25.6. The number of aromatic amines is 2. The Balaban J connectivity index is 0.809. The van der Waals surface area contributed by atoms with Gasteiger partial charge in [-0.15, -0.1) is 0 Å². The lowest BCUT2D eigenvalue weighted by Crippen LogP contribution is -2.47. The molecule has 2 atom stereocenters. The minimum atomic E-state index is -4.14. The minimum Gasteiger partial charge on any atom is -0.497 e. The number of carbonyl (C=O) groups is 4. The Kier molecular flexibility index (Phi) is 22.9. The van der Waals surface area contributed by atoms with Crippen LogP contribution < -0.4 is 66.4 Å². The van der Waals surface area contributed by atoms with Gasteiger partial charge in [-0.2, -0.15) is 0 Å². The number of benzene rings is 4. The number of fused-ring (bicyclic) bond motifs is 4. The summed E-state index contributed by atoms with van der Waals surface area (Å²) >= 11 is 0. The monoisotopic (exact) mass is 1340 g/mol. The summed E-state index contributed by atoms with van der Waals surface area (Å²) in [5, 5.41) is 16.7. The molecule has 0 fully saturated rings. The molecular formula is C67H93N13O12S2. The Morgan fingerprint density at radius 1 is 0.564 bits per heavy atom. The summed E-state index contributed by atoms with van der Waals surface area (Å²) in [6, 6.07) is 9.14. The summed E-state index contributed by atoms with van der Waals surface area (Å²) in [6.45, 7) is 20.4. The molecule has 0 bridgehead atoms. The van der Waals surface area contributed by atoms with Crippen LogP contribution in [0, 0.1) is 41.5 Å². The van der Waals surface area contributed by atoms with Crippen molar-refractivity contribution < 1.29 is 55.0 Å². The van der Waals surface area contributed by atoms with E-state index < -0.39 is 49.2 Å². The fraction of sp³-hybridized carbons (Fsp3) is 0.493. The van der Waals surface area contributed by atoms with E-state index >= 15 is 0 Å². The van der Waals surface area contributed by atoms with Crippen LogP contribution in [0.2, 0.25) is 0 Å². The van der Waals surface area contributed by atoms with E-state index in [9.17, 15) is 36.0 Å². The molecule has 2 aliphatic heterocycles. The number of methoxy groups -OCH3 is 2. The molecule has 0 saturated heterocycles. The Hall–Kier alpha value is -8.56. The zero-order valence-corrected chi connectivity index (χ0v) is 57.7. The molecule has 510 valence electrons. The normalized spacial score (nSPS) is 14.9. The van der Waals surface area contributed by atoms with Crippen LogP contribution in [0.4, 0.5) is 0 Å². The number of rotatable bonds is 31. The van der Waals surface area contributed by atoms with Crippen LogP contribution in [0.1, 0.15) is 128 Å². The van der Waals surface area contributed by atoms with E-state index in [4.69, 9.17) is 30.4 Å². The van der Waals surface area contributed by atoms with Gasteiger partial charge in [0.2, 0.25) is 35.5 Å². The first-order valence-electron chi connectivity index (χ1n) is 31.8. The minimum absolute atomic E-state index is 0.0157. The molecule has 0 saturated carbocycles. The van der Waals surface area contributed by atoms with Crippen molar-refractivity contribution in [3.05, 3.63) is 104 Å². The van der Waals surface area contributed by atoms with Crippen LogP contribution in [0.15, 0.2) is 68.6 Å². The van der Waals surface area contributed by atoms with Crippen molar-refractivity contribution in [2.24, 2.45) is 21.5 Å². The molecule has 94 heavy (non-hydrogen) atoms. The van der Waals surface area contributed by atoms with E-state index in [0.717, 1.165) is 55.2 Å². The number of sulfonamides is 2. The number of amides is 4. The lowest BCUT2D eigenvalue weighted by Gasteiger charge is -2.19. The van der Waals surface area contributed by atoms with E-state index in [-0.39, 0.29) is 91.0 Å². The van der Waals surface area contributed by atoms with Crippen molar-refractivity contribution in [2.45, 2.75) is 173 Å². The van der Waals surface area contributed by atoms with Gasteiger partial charge in [-0.05, 0) is 208 Å². The summed E-state index contributed by atoms with van der Waals surface area (Å²) in [4.78, 5) is 70.1. The summed E-state index contributed by atoms with van der Waals surface area (Å²) in [5.41, 5.74) is 20.0. The molecule has 8 rings (SSSR count). The molecule has 0 unspecified atom stereocenters. The molecule has 4 heterocycles. The van der Waals surface area contributed by atoms with Crippen molar-refractivity contribution in [1.29, 1.82) is 0 Å². The Morgan fingerprint density at radius 3 is 1.37 bits per heavy atom. The zero-order valence-electron chi connectivity index (χ0n) is 56.1. The van der Waals surface area contributed by atoms with Crippen molar-refractivity contribution in [3.63, 3.8) is 0 Å². The molecular weight excluding hydrogens is 1240 g/mol. The number of guanidine groups is 2. The SMILES string of the molecule is COc1ccc2[nH]cc(CC(=O)N[C@H](CCCN=C(N)NS(=O)(=O)c3c(C)c(C)c4c(c3C)CC(C)(C)O4)C(=O)NCCCCNCCCNC(=O)[C@@H](CCCN=C(N)NS(=O)(=O)c3c(C)c(C)c4c(c3C)CC(C)(C)O4)NC(=O)Cc3c[nH]c4ccc(OC)cc34)c2c1. The Labute approximate surface area is 551 Å². The van der Waals surface area contributed by atoms with Gasteiger partial charge in [0.05, 0.1) is 36.9 Å². The first-order valence-corrected chi connectivity index (χ1v) is 34.8. The largest absolute Gasteiger partial charge is 0.497 e. The van der Waals surface area contributed by atoms with Gasteiger partial charge in [0.15, 0.2) is 0 Å². The molecule has 4 amide bonds. The van der Waals surface area contributed by atoms with Gasteiger partial charge in [0.25, 0.3) is 20.0 Å². The van der Waals surface area contributed by atoms with Gasteiger partial charge in [-0.1, -0.05) is 0 Å². The lowest BCUT2D eigenvalue weighted by atomic mass is 9.94. The van der Waals surface area contributed by atoms with Gasteiger partial charge in [-0.25, -0.2) is 26.3 Å². The van der Waals surface area contributed by atoms with Crippen LogP contribution >= 0.6 is 0 Å². The van der Waals surface area contributed by atoms with Gasteiger partial charge in [0, 0.05) is 84.3 Å². The molecule has 2 aromatic heterocycles. The number of nitrogens with zero attached hydrogens (tertiary/aromatic N) is 2. The first kappa shape index (κ1) is 71.3. The molecule has 0 aliphatic carbocycles. The number of ether oxygens (including phenoxy) is 4. The number of hydrogen-bond donors (Lipinski definition) is 11. The van der Waals surface area contributed by atoms with Crippen LogP contribution in [-0.2, 0) is 64.9 Å². The molecule has 6 aromatic rings. The third-order valence-electron chi connectivity index (χ3n) is 17.3. The Morgan fingerprint density at radius 2 is 0.957 bits per heavy atom. The number of hydrogen-bond acceptors (Lipinski definition) is 15. The summed E-state index contributed by atoms with van der Waals surface area (Å²) < 4.78 is 83.3. The maximum absolute atomic E-state index is 13.8. The van der Waals surface area contributed by atoms with E-state index in [2.05, 4.69) is 56.0 Å². The number of aliphatic imine (C=N–C) groups is 2. The highest BCUT2D eigenvalue weighted by atomic mass is 32.2. The van der Waals surface area contributed by atoms with E-state index in [0.29, 0.717) is 104 Å². The Bertz CT molecular complexity index is 3860. The smallest absolute Gasteiger partial charge is 0.264 e. The maximum Gasteiger partial charge on any atom is 0.264 e. The molecule has 25 nitrogen and oxygen atoms in total. The molecule has 0 radical (unpaired) electrons. The van der Waals surface area contributed by atoms with Crippen molar-refractivity contribution >= 4 is 77.4 Å². The summed E-state index contributed by atoms with van der Waals surface area (Å²) in [5.74, 6) is 0.516. The highest BCUT2D eigenvalue weighted by molar-refractivity contribution is 7.90. The quantitative estimate of drug-likeness (QED) is 0.0138. The number of nitrogens with one attached hydrogen (secondary N) is 9. The van der Waals surface area contributed by atoms with Crippen LogP contribution in [-0.4, -0.2) is 139 Å². The van der Waals surface area contributed by atoms with Crippen LogP contribution in [0.3, 0.4) is 0 Å².